The van der Waals surface area contributed by atoms with E-state index >= 15 is 0 Å². The Hall–Kier alpha value is -2.09. The zero-order valence-corrected chi connectivity index (χ0v) is 17.2. The van der Waals surface area contributed by atoms with Gasteiger partial charge in [0.1, 0.15) is 11.4 Å². The largest absolute Gasteiger partial charge is 0.487 e. The van der Waals surface area contributed by atoms with E-state index in [0.29, 0.717) is 6.42 Å². The first-order chi connectivity index (χ1) is 12.9. The molecule has 0 aromatic heterocycles. The minimum atomic E-state index is -0.967. The number of nitrogens with zero attached hydrogens (tertiary/aromatic N) is 2. The molecule has 1 amide bonds. The van der Waals surface area contributed by atoms with Crippen LogP contribution in [0.1, 0.15) is 31.2 Å². The van der Waals surface area contributed by atoms with E-state index in [1.54, 1.807) is 7.05 Å². The first-order valence-electron chi connectivity index (χ1n) is 9.16. The quantitative estimate of drug-likeness (QED) is 0.644. The van der Waals surface area contributed by atoms with Crippen molar-refractivity contribution in [2.24, 2.45) is 10.7 Å². The standard InChI is InChI=1S/C21H20IN3O2/c1-25-18(26)21(24-19(25)23)12-20(8-3-9-20)27-17-7-6-14(11-16(17)21)13-4-2-5-15(22)10-13/h2,4-7,10-11H,3,8-9,12H2,1H3,(H2,23,24). The number of amides is 1. The molecule has 2 aromatic rings. The van der Waals surface area contributed by atoms with Crippen molar-refractivity contribution >= 4 is 34.5 Å². The summed E-state index contributed by atoms with van der Waals surface area (Å²) in [6, 6.07) is 14.4. The number of likely N-dealkylation sites (N-methyl/N-ethyl adjacent to an activating group) is 1. The van der Waals surface area contributed by atoms with Gasteiger partial charge in [-0.1, -0.05) is 18.2 Å². The van der Waals surface area contributed by atoms with Crippen LogP contribution in [0.2, 0.25) is 0 Å². The van der Waals surface area contributed by atoms with Crippen molar-refractivity contribution in [1.29, 1.82) is 0 Å². The number of guanidine groups is 1. The highest BCUT2D eigenvalue weighted by Crippen LogP contribution is 2.55. The summed E-state index contributed by atoms with van der Waals surface area (Å²) in [7, 11) is 1.70. The molecular weight excluding hydrogens is 453 g/mol. The molecule has 5 nitrogen and oxygen atoms in total. The third kappa shape index (κ3) is 2.42. The highest BCUT2D eigenvalue weighted by Gasteiger charge is 2.59. The Morgan fingerprint density at radius 3 is 2.59 bits per heavy atom. The number of carbonyl (C=O) groups excluding carboxylic acids is 1. The summed E-state index contributed by atoms with van der Waals surface area (Å²) in [4.78, 5) is 19.4. The van der Waals surface area contributed by atoms with Crippen molar-refractivity contribution in [1.82, 2.24) is 4.90 Å². The molecule has 3 aliphatic rings. The predicted molar refractivity (Wildman–Crippen MR) is 112 cm³/mol. The number of fused-ring (bicyclic) bond motifs is 2. The minimum absolute atomic E-state index is 0.0596. The van der Waals surface area contributed by atoms with Crippen LogP contribution in [0.4, 0.5) is 0 Å². The molecular formula is C21H20IN3O2. The average molecular weight is 473 g/mol. The second kappa shape index (κ2) is 5.70. The van der Waals surface area contributed by atoms with E-state index in [1.165, 1.54) is 8.47 Å². The Labute approximate surface area is 171 Å². The first kappa shape index (κ1) is 17.0. The molecule has 0 radical (unpaired) electrons. The summed E-state index contributed by atoms with van der Waals surface area (Å²) < 4.78 is 7.56. The van der Waals surface area contributed by atoms with Crippen LogP contribution >= 0.6 is 22.6 Å². The van der Waals surface area contributed by atoms with E-state index < -0.39 is 5.54 Å². The first-order valence-corrected chi connectivity index (χ1v) is 10.2. The lowest BCUT2D eigenvalue weighted by Crippen LogP contribution is -2.54. The maximum absolute atomic E-state index is 13.3. The molecule has 0 saturated heterocycles. The second-order valence-electron chi connectivity index (χ2n) is 7.73. The lowest BCUT2D eigenvalue weighted by molar-refractivity contribution is -0.136. The molecule has 1 saturated carbocycles. The molecule has 0 bridgehead atoms. The van der Waals surface area contributed by atoms with Crippen LogP contribution in [-0.4, -0.2) is 29.4 Å². The van der Waals surface area contributed by atoms with Gasteiger partial charge in [0.2, 0.25) is 0 Å². The number of hydrogen-bond donors (Lipinski definition) is 1. The number of hydrogen-bond acceptors (Lipinski definition) is 4. The van der Waals surface area contributed by atoms with Crippen LogP contribution in [0, 0.1) is 3.57 Å². The zero-order valence-electron chi connectivity index (χ0n) is 15.0. The van der Waals surface area contributed by atoms with Gasteiger partial charge >= 0.3 is 0 Å². The van der Waals surface area contributed by atoms with Gasteiger partial charge in [0.25, 0.3) is 5.91 Å². The van der Waals surface area contributed by atoms with E-state index in [0.717, 1.165) is 41.7 Å². The molecule has 2 N–H and O–H groups in total. The number of carbonyl (C=O) groups is 1. The third-order valence-electron chi connectivity index (χ3n) is 6.06. The highest BCUT2D eigenvalue weighted by molar-refractivity contribution is 14.1. The Bertz CT molecular complexity index is 999. The number of benzene rings is 2. The fraction of sp³-hybridized carbons (Fsp3) is 0.333. The maximum atomic E-state index is 13.3. The molecule has 138 valence electrons. The van der Waals surface area contributed by atoms with Gasteiger partial charge in [0.05, 0.1) is 0 Å². The summed E-state index contributed by atoms with van der Waals surface area (Å²) in [5.74, 6) is 0.980. The number of nitrogens with two attached hydrogens (primary N) is 1. The predicted octanol–water partition coefficient (Wildman–Crippen LogP) is 3.65. The van der Waals surface area contributed by atoms with Gasteiger partial charge in [-0.3, -0.25) is 9.69 Å². The van der Waals surface area contributed by atoms with Crippen molar-refractivity contribution in [3.8, 4) is 16.9 Å². The molecule has 2 aromatic carbocycles. The van der Waals surface area contributed by atoms with Crippen molar-refractivity contribution in [2.75, 3.05) is 7.05 Å². The summed E-state index contributed by atoms with van der Waals surface area (Å²) in [6.45, 7) is 0. The summed E-state index contributed by atoms with van der Waals surface area (Å²) in [5.41, 5.74) is 7.79. The highest BCUT2D eigenvalue weighted by atomic mass is 127. The second-order valence-corrected chi connectivity index (χ2v) is 8.98. The topological polar surface area (TPSA) is 67.9 Å². The average Bonchev–Trinajstić information content (AvgIpc) is 2.84. The van der Waals surface area contributed by atoms with Crippen LogP contribution in [0.25, 0.3) is 11.1 Å². The molecule has 2 aliphatic heterocycles. The zero-order chi connectivity index (χ0) is 18.8. The Morgan fingerprint density at radius 1 is 1.19 bits per heavy atom. The van der Waals surface area contributed by atoms with Crippen molar-refractivity contribution in [3.05, 3.63) is 51.6 Å². The van der Waals surface area contributed by atoms with Gasteiger partial charge in [0, 0.05) is 22.6 Å². The van der Waals surface area contributed by atoms with Crippen molar-refractivity contribution in [2.45, 2.75) is 36.8 Å². The monoisotopic (exact) mass is 473 g/mol. The van der Waals surface area contributed by atoms with E-state index in [-0.39, 0.29) is 17.5 Å². The van der Waals surface area contributed by atoms with Crippen LogP contribution in [0.15, 0.2) is 47.5 Å². The van der Waals surface area contributed by atoms with Gasteiger partial charge in [-0.2, -0.15) is 0 Å². The van der Waals surface area contributed by atoms with Crippen LogP contribution in [0.5, 0.6) is 5.75 Å². The van der Waals surface area contributed by atoms with E-state index in [2.05, 4.69) is 52.9 Å². The fourth-order valence-electron chi connectivity index (χ4n) is 4.46. The van der Waals surface area contributed by atoms with Gasteiger partial charge in [-0.25, -0.2) is 4.99 Å². The summed E-state index contributed by atoms with van der Waals surface area (Å²) in [5, 5.41) is 0. The summed E-state index contributed by atoms with van der Waals surface area (Å²) >= 11 is 2.31. The normalized spacial score (nSPS) is 25.2. The molecule has 1 atom stereocenters. The molecule has 1 aliphatic carbocycles. The fourth-order valence-corrected chi connectivity index (χ4v) is 5.00. The number of rotatable bonds is 1. The van der Waals surface area contributed by atoms with Crippen molar-refractivity contribution in [3.63, 3.8) is 0 Å². The Morgan fingerprint density at radius 2 is 1.96 bits per heavy atom. The lowest BCUT2D eigenvalue weighted by atomic mass is 9.67. The molecule has 27 heavy (non-hydrogen) atoms. The van der Waals surface area contributed by atoms with E-state index in [1.807, 2.05) is 12.1 Å². The molecule has 1 unspecified atom stereocenters. The van der Waals surface area contributed by atoms with Gasteiger partial charge in [-0.15, -0.1) is 0 Å². The van der Waals surface area contributed by atoms with Crippen molar-refractivity contribution < 1.29 is 9.53 Å². The van der Waals surface area contributed by atoms with E-state index in [9.17, 15) is 4.79 Å². The molecule has 2 spiro atoms. The smallest absolute Gasteiger partial charge is 0.261 e. The number of halogens is 1. The van der Waals surface area contributed by atoms with Crippen LogP contribution < -0.4 is 10.5 Å². The molecule has 6 heteroatoms. The third-order valence-corrected chi connectivity index (χ3v) is 6.73. The molecule has 5 rings (SSSR count). The molecule has 1 fully saturated rings. The van der Waals surface area contributed by atoms with Crippen LogP contribution in [0.3, 0.4) is 0 Å². The van der Waals surface area contributed by atoms with Gasteiger partial charge < -0.3 is 10.5 Å². The Balaban J connectivity index is 1.70. The Kier molecular flexibility index (Phi) is 3.60. The maximum Gasteiger partial charge on any atom is 0.261 e. The van der Waals surface area contributed by atoms with E-state index in [4.69, 9.17) is 15.5 Å². The number of aliphatic imine (C=N–C) groups is 1. The van der Waals surface area contributed by atoms with Crippen LogP contribution in [-0.2, 0) is 10.3 Å². The summed E-state index contributed by atoms with van der Waals surface area (Å²) in [6.07, 6.45) is 3.60. The SMILES string of the molecule is CN1C(=O)C2(CC3(CCC3)Oc3ccc(-c4cccc(I)c4)cc32)N=C1N. The lowest BCUT2D eigenvalue weighted by Gasteiger charge is -2.50. The van der Waals surface area contributed by atoms with Gasteiger partial charge in [0.15, 0.2) is 11.5 Å². The minimum Gasteiger partial charge on any atom is -0.487 e. The molecule has 2 heterocycles. The van der Waals surface area contributed by atoms with Gasteiger partial charge in [-0.05, 0) is 77.2 Å². The number of ether oxygens (including phenoxy) is 1.